The second-order valence-corrected chi connectivity index (χ2v) is 1.50. The molecular weight excluding hydrogens is 108 g/mol. The Morgan fingerprint density at radius 1 is 1.75 bits per heavy atom. The first-order chi connectivity index (χ1) is 3.75. The molecule has 0 radical (unpaired) electrons. The van der Waals surface area contributed by atoms with Crippen molar-refractivity contribution < 1.29 is 14.3 Å². The van der Waals surface area contributed by atoms with Gasteiger partial charge in [0, 0.05) is 0 Å². The highest BCUT2D eigenvalue weighted by molar-refractivity contribution is 6.10. The van der Waals surface area contributed by atoms with E-state index >= 15 is 0 Å². The van der Waals surface area contributed by atoms with E-state index in [1.807, 2.05) is 0 Å². The second kappa shape index (κ2) is 1.18. The molecule has 3 nitrogen and oxygen atoms in total. The first-order valence-electron chi connectivity index (χ1n) is 2.08. The van der Waals surface area contributed by atoms with Gasteiger partial charge >= 0.3 is 5.97 Å². The molecule has 42 valence electrons. The Kier molecular flexibility index (Phi) is 0.743. The second-order valence-electron chi connectivity index (χ2n) is 1.50. The average Bonchev–Trinajstić information content (AvgIpc) is 2.43. The summed E-state index contributed by atoms with van der Waals surface area (Å²) < 4.78 is 4.28. The van der Waals surface area contributed by atoms with Crippen molar-refractivity contribution in [3.63, 3.8) is 0 Å². The summed E-state index contributed by atoms with van der Waals surface area (Å²) in [4.78, 5) is 20.1. The molecule has 1 aliphatic rings. The van der Waals surface area contributed by atoms with E-state index < -0.39 is 11.6 Å². The Morgan fingerprint density at radius 2 is 2.25 bits per heavy atom. The Balaban J connectivity index is 2.79. The molecule has 1 unspecified atom stereocenters. The van der Waals surface area contributed by atoms with Crippen molar-refractivity contribution in [2.24, 2.45) is 0 Å². The Hall–Kier alpha value is -1.12. The molecule has 0 aromatic heterocycles. The van der Waals surface area contributed by atoms with Gasteiger partial charge in [0.05, 0.1) is 0 Å². The molecule has 8 heavy (non-hydrogen) atoms. The third-order valence-corrected chi connectivity index (χ3v) is 1.02. The molecule has 1 saturated heterocycles. The van der Waals surface area contributed by atoms with Crippen LogP contribution in [0.2, 0.25) is 0 Å². The van der Waals surface area contributed by atoms with Gasteiger partial charge in [0.2, 0.25) is 0 Å². The molecule has 0 N–H and O–H groups in total. The lowest BCUT2D eigenvalue weighted by atomic mass is 10.2. The monoisotopic (exact) mass is 112 g/mol. The van der Waals surface area contributed by atoms with Crippen molar-refractivity contribution in [2.45, 2.75) is 5.60 Å². The van der Waals surface area contributed by atoms with Crippen LogP contribution in [0.4, 0.5) is 0 Å². The lowest BCUT2D eigenvalue weighted by Crippen LogP contribution is -2.08. The van der Waals surface area contributed by atoms with E-state index in [4.69, 9.17) is 0 Å². The van der Waals surface area contributed by atoms with Crippen molar-refractivity contribution in [1.29, 1.82) is 0 Å². The van der Waals surface area contributed by atoms with Crippen LogP contribution in [0.25, 0.3) is 0 Å². The predicted molar refractivity (Wildman–Crippen MR) is 25.1 cm³/mol. The van der Waals surface area contributed by atoms with Crippen LogP contribution in [-0.4, -0.2) is 17.9 Å². The summed E-state index contributed by atoms with van der Waals surface area (Å²) in [5, 5.41) is 0. The van der Waals surface area contributed by atoms with Gasteiger partial charge in [0.1, 0.15) is 0 Å². The zero-order valence-electron chi connectivity index (χ0n) is 4.09. The third-order valence-electron chi connectivity index (χ3n) is 1.02. The molecule has 0 spiro atoms. The minimum absolute atomic E-state index is 0.433. The molecule has 0 saturated carbocycles. The number of rotatable bonds is 2. The highest BCUT2D eigenvalue weighted by Crippen LogP contribution is 2.26. The zero-order chi connectivity index (χ0) is 6.20. The van der Waals surface area contributed by atoms with Gasteiger partial charge in [-0.3, -0.25) is 4.79 Å². The van der Waals surface area contributed by atoms with Gasteiger partial charge in [0.25, 0.3) is 5.60 Å². The van der Waals surface area contributed by atoms with Gasteiger partial charge in [-0.1, -0.05) is 6.58 Å². The van der Waals surface area contributed by atoms with Crippen molar-refractivity contribution in [1.82, 2.24) is 0 Å². The van der Waals surface area contributed by atoms with Crippen LogP contribution in [0.1, 0.15) is 0 Å². The van der Waals surface area contributed by atoms with Crippen LogP contribution < -0.4 is 0 Å². The number of epoxide rings is 1. The molecule has 0 aromatic carbocycles. The van der Waals surface area contributed by atoms with E-state index in [9.17, 15) is 9.59 Å². The normalized spacial score (nSPS) is 33.2. The highest BCUT2D eigenvalue weighted by atomic mass is 16.7. The average molecular weight is 112 g/mol. The molecule has 3 heteroatoms. The number of aldehydes is 1. The maximum absolute atomic E-state index is 10.1. The molecule has 1 rings (SSSR count). The summed E-state index contributed by atoms with van der Waals surface area (Å²) in [5.41, 5.74) is -1.26. The topological polar surface area (TPSA) is 46.7 Å². The molecule has 0 amide bonds. The fraction of sp³-hybridized carbons (Fsp3) is 0.200. The van der Waals surface area contributed by atoms with E-state index in [0.717, 1.165) is 0 Å². The van der Waals surface area contributed by atoms with Gasteiger partial charge in [0.15, 0.2) is 6.29 Å². The number of carbonyl (C=O) groups excluding carboxylic acids is 2. The smallest absolute Gasteiger partial charge is 0.364 e. The van der Waals surface area contributed by atoms with Gasteiger partial charge in [-0.05, 0) is 6.08 Å². The summed E-state index contributed by atoms with van der Waals surface area (Å²) in [7, 11) is 0. The first-order valence-corrected chi connectivity index (χ1v) is 2.08. The van der Waals surface area contributed by atoms with E-state index in [1.165, 1.54) is 6.08 Å². The number of hydrogen-bond donors (Lipinski definition) is 0. The predicted octanol–water partition coefficient (Wildman–Crippen LogP) is -0.333. The van der Waals surface area contributed by atoms with Crippen molar-refractivity contribution in [3.05, 3.63) is 12.7 Å². The minimum Gasteiger partial charge on any atom is -0.431 e. The minimum atomic E-state index is -1.26. The molecular formula is C5H4O3. The fourth-order valence-corrected chi connectivity index (χ4v) is 0.373. The first kappa shape index (κ1) is 5.03. The van der Waals surface area contributed by atoms with Crippen LogP contribution in [0.3, 0.4) is 0 Å². The summed E-state index contributed by atoms with van der Waals surface area (Å²) in [6, 6.07) is 0. The Labute approximate surface area is 45.9 Å². The molecule has 0 aliphatic carbocycles. The quantitative estimate of drug-likeness (QED) is 0.212. The van der Waals surface area contributed by atoms with Crippen LogP contribution >= 0.6 is 0 Å². The number of cyclic esters (lactones) is 1. The molecule has 1 heterocycles. The maximum Gasteiger partial charge on any atom is 0.364 e. The molecule has 0 aromatic rings. The lowest BCUT2D eigenvalue weighted by Gasteiger charge is -1.80. The number of ether oxygens (including phenoxy) is 1. The SMILES string of the molecule is C=CC1(C=O)OC1=O. The van der Waals surface area contributed by atoms with Crippen LogP contribution in [0.5, 0.6) is 0 Å². The van der Waals surface area contributed by atoms with Crippen LogP contribution in [0, 0.1) is 0 Å². The standard InChI is InChI=1S/C5H4O3/c1-2-5(3-6)4(7)8-5/h2-3H,1H2. The van der Waals surface area contributed by atoms with E-state index in [2.05, 4.69) is 11.3 Å². The summed E-state index contributed by atoms with van der Waals surface area (Å²) in [6.45, 7) is 3.24. The maximum atomic E-state index is 10.1. The Bertz CT molecular complexity index is 151. The zero-order valence-corrected chi connectivity index (χ0v) is 4.09. The van der Waals surface area contributed by atoms with Gasteiger partial charge in [-0.15, -0.1) is 0 Å². The van der Waals surface area contributed by atoms with Gasteiger partial charge in [-0.25, -0.2) is 4.79 Å². The van der Waals surface area contributed by atoms with Gasteiger partial charge < -0.3 is 4.74 Å². The molecule has 1 atom stereocenters. The van der Waals surface area contributed by atoms with Crippen molar-refractivity contribution >= 4 is 12.3 Å². The summed E-state index contributed by atoms with van der Waals surface area (Å²) in [5.74, 6) is -0.512. The number of carbonyl (C=O) groups is 2. The highest BCUT2D eigenvalue weighted by Gasteiger charge is 2.55. The Morgan fingerprint density at radius 3 is 2.25 bits per heavy atom. The molecule has 1 fully saturated rings. The fourth-order valence-electron chi connectivity index (χ4n) is 0.373. The number of hydrogen-bond acceptors (Lipinski definition) is 3. The van der Waals surface area contributed by atoms with E-state index in [-0.39, 0.29) is 0 Å². The van der Waals surface area contributed by atoms with E-state index in [1.54, 1.807) is 0 Å². The summed E-state index contributed by atoms with van der Waals surface area (Å²) >= 11 is 0. The summed E-state index contributed by atoms with van der Waals surface area (Å²) in [6.07, 6.45) is 1.62. The van der Waals surface area contributed by atoms with Gasteiger partial charge in [-0.2, -0.15) is 0 Å². The molecule has 0 bridgehead atoms. The van der Waals surface area contributed by atoms with Crippen LogP contribution in [-0.2, 0) is 14.3 Å². The van der Waals surface area contributed by atoms with Crippen molar-refractivity contribution in [2.75, 3.05) is 0 Å². The third kappa shape index (κ3) is 0.381. The largest absolute Gasteiger partial charge is 0.431 e. The molecule has 1 aliphatic heterocycles. The van der Waals surface area contributed by atoms with Crippen molar-refractivity contribution in [3.8, 4) is 0 Å². The van der Waals surface area contributed by atoms with E-state index in [0.29, 0.717) is 6.29 Å². The van der Waals surface area contributed by atoms with Crippen LogP contribution in [0.15, 0.2) is 12.7 Å². The lowest BCUT2D eigenvalue weighted by molar-refractivity contribution is -0.117.